The Labute approximate surface area is 136 Å². The molecule has 116 valence electrons. The Balaban J connectivity index is 1.85. The van der Waals surface area contributed by atoms with Gasteiger partial charge in [-0.15, -0.1) is 0 Å². The molecule has 0 atom stereocenters. The van der Waals surface area contributed by atoms with Gasteiger partial charge >= 0.3 is 0 Å². The van der Waals surface area contributed by atoms with Crippen molar-refractivity contribution >= 4 is 21.6 Å². The van der Waals surface area contributed by atoms with Gasteiger partial charge in [0.05, 0.1) is 18.9 Å². The first kappa shape index (κ1) is 15.3. The maximum Gasteiger partial charge on any atom is 0.0642 e. The lowest BCUT2D eigenvalue weighted by Gasteiger charge is -2.37. The van der Waals surface area contributed by atoms with Crippen molar-refractivity contribution in [3.05, 3.63) is 28.2 Å². The van der Waals surface area contributed by atoms with Crippen LogP contribution in [0.25, 0.3) is 0 Å². The number of nitrogens with zero attached hydrogens (tertiary/aromatic N) is 1. The molecule has 1 aromatic rings. The first-order chi connectivity index (χ1) is 10.2. The molecule has 2 aliphatic rings. The monoisotopic (exact) mass is 352 g/mol. The van der Waals surface area contributed by atoms with E-state index in [4.69, 9.17) is 10.5 Å². The average Bonchev–Trinajstić information content (AvgIpc) is 2.56. The van der Waals surface area contributed by atoms with Crippen LogP contribution in [-0.2, 0) is 10.2 Å². The molecule has 1 heterocycles. The highest BCUT2D eigenvalue weighted by Crippen LogP contribution is 2.41. The molecule has 0 unspecified atom stereocenters. The minimum Gasteiger partial charge on any atom is -0.378 e. The van der Waals surface area contributed by atoms with Crippen LogP contribution in [-0.4, -0.2) is 32.8 Å². The van der Waals surface area contributed by atoms with Gasteiger partial charge in [0, 0.05) is 29.5 Å². The third-order valence-electron chi connectivity index (χ3n) is 5.11. The van der Waals surface area contributed by atoms with Crippen LogP contribution < -0.4 is 10.6 Å². The second-order valence-electron chi connectivity index (χ2n) is 6.31. The van der Waals surface area contributed by atoms with Gasteiger partial charge in [0.25, 0.3) is 0 Å². The first-order valence-electron chi connectivity index (χ1n) is 8.08. The molecule has 21 heavy (non-hydrogen) atoms. The molecule has 1 aliphatic carbocycles. The van der Waals surface area contributed by atoms with Crippen molar-refractivity contribution in [1.82, 2.24) is 0 Å². The van der Waals surface area contributed by atoms with Gasteiger partial charge in [-0.05, 0) is 46.5 Å². The molecule has 0 radical (unpaired) electrons. The third-order valence-corrected chi connectivity index (χ3v) is 5.75. The lowest BCUT2D eigenvalue weighted by atomic mass is 9.69. The predicted octanol–water partition coefficient (Wildman–Crippen LogP) is 3.45. The minimum atomic E-state index is 0.199. The van der Waals surface area contributed by atoms with Gasteiger partial charge in [0.15, 0.2) is 0 Å². The highest BCUT2D eigenvalue weighted by molar-refractivity contribution is 9.10. The van der Waals surface area contributed by atoms with Gasteiger partial charge < -0.3 is 15.4 Å². The van der Waals surface area contributed by atoms with Crippen LogP contribution in [0.3, 0.4) is 0 Å². The highest BCUT2D eigenvalue weighted by atomic mass is 79.9. The number of rotatable bonds is 3. The molecule has 2 N–H and O–H groups in total. The smallest absolute Gasteiger partial charge is 0.0642 e. The van der Waals surface area contributed by atoms with Gasteiger partial charge in [-0.3, -0.25) is 0 Å². The molecular formula is C17H25BrN2O. The summed E-state index contributed by atoms with van der Waals surface area (Å²) in [6.45, 7) is 4.35. The summed E-state index contributed by atoms with van der Waals surface area (Å²) in [7, 11) is 0. The van der Waals surface area contributed by atoms with E-state index in [0.29, 0.717) is 0 Å². The summed E-state index contributed by atoms with van der Waals surface area (Å²) in [5, 5.41) is 0. The standard InChI is InChI=1S/C17H25BrN2O/c18-15-12-14(17(13-19)6-2-1-3-7-17)4-5-16(15)20-8-10-21-11-9-20/h4-5,12H,1-3,6-11,13,19H2. The Morgan fingerprint density at radius 1 is 1.14 bits per heavy atom. The fraction of sp³-hybridized carbons (Fsp3) is 0.647. The number of benzene rings is 1. The Morgan fingerprint density at radius 2 is 1.86 bits per heavy atom. The van der Waals surface area contributed by atoms with Crippen molar-refractivity contribution in [3.63, 3.8) is 0 Å². The lowest BCUT2D eigenvalue weighted by molar-refractivity contribution is 0.122. The Morgan fingerprint density at radius 3 is 2.48 bits per heavy atom. The van der Waals surface area contributed by atoms with Crippen molar-refractivity contribution in [1.29, 1.82) is 0 Å². The van der Waals surface area contributed by atoms with Gasteiger partial charge in [0.1, 0.15) is 0 Å². The van der Waals surface area contributed by atoms with Gasteiger partial charge in [-0.1, -0.05) is 25.3 Å². The molecular weight excluding hydrogens is 328 g/mol. The van der Waals surface area contributed by atoms with E-state index >= 15 is 0 Å². The fourth-order valence-electron chi connectivity index (χ4n) is 3.74. The zero-order valence-corrected chi connectivity index (χ0v) is 14.2. The Bertz CT molecular complexity index is 480. The number of ether oxygens (including phenoxy) is 1. The zero-order valence-electron chi connectivity index (χ0n) is 12.6. The third kappa shape index (κ3) is 3.13. The van der Waals surface area contributed by atoms with E-state index in [9.17, 15) is 0 Å². The summed E-state index contributed by atoms with van der Waals surface area (Å²) in [4.78, 5) is 2.40. The maximum absolute atomic E-state index is 6.16. The predicted molar refractivity (Wildman–Crippen MR) is 91.0 cm³/mol. The van der Waals surface area contributed by atoms with E-state index < -0.39 is 0 Å². The van der Waals surface area contributed by atoms with E-state index in [1.54, 1.807) is 0 Å². The molecule has 0 amide bonds. The Hall–Kier alpha value is -0.580. The first-order valence-corrected chi connectivity index (χ1v) is 8.87. The number of nitrogens with two attached hydrogens (primary N) is 1. The van der Waals surface area contributed by atoms with E-state index in [-0.39, 0.29) is 5.41 Å². The number of hydrogen-bond donors (Lipinski definition) is 1. The normalized spacial score (nSPS) is 22.3. The van der Waals surface area contributed by atoms with Crippen molar-refractivity contribution < 1.29 is 4.74 Å². The summed E-state index contributed by atoms with van der Waals surface area (Å²) < 4.78 is 6.63. The molecule has 4 heteroatoms. The van der Waals surface area contributed by atoms with Crippen molar-refractivity contribution in [2.24, 2.45) is 5.73 Å². The average molecular weight is 353 g/mol. The number of morpholine rings is 1. The van der Waals surface area contributed by atoms with E-state index in [2.05, 4.69) is 39.0 Å². The Kier molecular flexibility index (Phi) is 4.87. The summed E-state index contributed by atoms with van der Waals surface area (Å²) in [5.74, 6) is 0. The van der Waals surface area contributed by atoms with Gasteiger partial charge in [-0.2, -0.15) is 0 Å². The molecule has 1 saturated carbocycles. The van der Waals surface area contributed by atoms with Crippen molar-refractivity contribution in [2.45, 2.75) is 37.5 Å². The molecule has 3 nitrogen and oxygen atoms in total. The van der Waals surface area contributed by atoms with Crippen LogP contribution in [0.15, 0.2) is 22.7 Å². The molecule has 0 bridgehead atoms. The largest absolute Gasteiger partial charge is 0.378 e. The van der Waals surface area contributed by atoms with E-state index in [1.165, 1.54) is 47.8 Å². The minimum absolute atomic E-state index is 0.199. The van der Waals surface area contributed by atoms with Gasteiger partial charge in [0.2, 0.25) is 0 Å². The van der Waals surface area contributed by atoms with Crippen LogP contribution in [0, 0.1) is 0 Å². The molecule has 1 aliphatic heterocycles. The highest BCUT2D eigenvalue weighted by Gasteiger charge is 2.33. The maximum atomic E-state index is 6.16. The van der Waals surface area contributed by atoms with Crippen LogP contribution in [0.2, 0.25) is 0 Å². The van der Waals surface area contributed by atoms with E-state index in [1.807, 2.05) is 0 Å². The van der Waals surface area contributed by atoms with Crippen molar-refractivity contribution in [2.75, 3.05) is 37.7 Å². The zero-order chi connectivity index (χ0) is 14.7. The SMILES string of the molecule is NCC1(c2ccc(N3CCOCC3)c(Br)c2)CCCCC1. The molecule has 0 spiro atoms. The lowest BCUT2D eigenvalue weighted by Crippen LogP contribution is -2.38. The topological polar surface area (TPSA) is 38.5 Å². The van der Waals surface area contributed by atoms with Crippen LogP contribution in [0.5, 0.6) is 0 Å². The number of anilines is 1. The second-order valence-corrected chi connectivity index (χ2v) is 7.17. The number of hydrogen-bond acceptors (Lipinski definition) is 3. The molecule has 2 fully saturated rings. The second kappa shape index (κ2) is 6.67. The quantitative estimate of drug-likeness (QED) is 0.905. The summed E-state index contributed by atoms with van der Waals surface area (Å²) in [6.07, 6.45) is 6.43. The number of halogens is 1. The van der Waals surface area contributed by atoms with Gasteiger partial charge in [-0.25, -0.2) is 0 Å². The van der Waals surface area contributed by atoms with E-state index in [0.717, 1.165) is 32.8 Å². The van der Waals surface area contributed by atoms with Crippen LogP contribution >= 0.6 is 15.9 Å². The molecule has 1 aromatic carbocycles. The summed E-state index contributed by atoms with van der Waals surface area (Å²) in [6, 6.07) is 6.87. The summed E-state index contributed by atoms with van der Waals surface area (Å²) >= 11 is 3.78. The fourth-order valence-corrected chi connectivity index (χ4v) is 4.37. The summed E-state index contributed by atoms with van der Waals surface area (Å²) in [5.41, 5.74) is 9.05. The van der Waals surface area contributed by atoms with Crippen LogP contribution in [0.1, 0.15) is 37.7 Å². The van der Waals surface area contributed by atoms with Crippen molar-refractivity contribution in [3.8, 4) is 0 Å². The molecule has 3 rings (SSSR count). The van der Waals surface area contributed by atoms with Crippen LogP contribution in [0.4, 0.5) is 5.69 Å². The molecule has 1 saturated heterocycles. The molecule has 0 aromatic heterocycles.